The molecular weight excluding hydrogens is 220 g/mol. The summed E-state index contributed by atoms with van der Waals surface area (Å²) in [5.41, 5.74) is 3.42. The van der Waals surface area contributed by atoms with E-state index in [1.807, 2.05) is 0 Å². The van der Waals surface area contributed by atoms with Crippen LogP contribution in [0.2, 0.25) is 0 Å². The van der Waals surface area contributed by atoms with Gasteiger partial charge in [0.2, 0.25) is 0 Å². The topological polar surface area (TPSA) is 15.3 Å². The fourth-order valence-electron chi connectivity index (χ4n) is 3.32. The molecule has 98 valence electrons. The number of hydrogen-bond acceptors (Lipinski definition) is 2. The van der Waals surface area contributed by atoms with E-state index in [9.17, 15) is 0 Å². The first-order valence-electron chi connectivity index (χ1n) is 7.24. The minimum Gasteiger partial charge on any atom is -0.370 e. The number of nitrogens with one attached hydrogen (secondary N) is 1. The van der Waals surface area contributed by atoms with E-state index in [1.165, 1.54) is 50.3 Å². The van der Waals surface area contributed by atoms with Gasteiger partial charge in [0.15, 0.2) is 0 Å². The zero-order chi connectivity index (χ0) is 12.6. The van der Waals surface area contributed by atoms with Crippen LogP contribution in [0.25, 0.3) is 0 Å². The molecule has 18 heavy (non-hydrogen) atoms. The average Bonchev–Trinajstić information content (AvgIpc) is 2.37. The van der Waals surface area contributed by atoms with Crippen molar-refractivity contribution >= 4 is 5.69 Å². The Morgan fingerprint density at radius 2 is 1.89 bits per heavy atom. The van der Waals surface area contributed by atoms with Crippen LogP contribution in [0.3, 0.4) is 0 Å². The van der Waals surface area contributed by atoms with Crippen molar-refractivity contribution in [2.24, 2.45) is 5.41 Å². The van der Waals surface area contributed by atoms with E-state index < -0.39 is 0 Å². The molecule has 2 heteroatoms. The van der Waals surface area contributed by atoms with Crippen LogP contribution in [-0.4, -0.2) is 26.2 Å². The van der Waals surface area contributed by atoms with E-state index in [-0.39, 0.29) is 0 Å². The van der Waals surface area contributed by atoms with Gasteiger partial charge in [0.25, 0.3) is 0 Å². The van der Waals surface area contributed by atoms with Crippen molar-refractivity contribution in [1.82, 2.24) is 5.32 Å². The highest BCUT2D eigenvalue weighted by molar-refractivity contribution is 5.51. The summed E-state index contributed by atoms with van der Waals surface area (Å²) in [5, 5.41) is 3.55. The van der Waals surface area contributed by atoms with Crippen molar-refractivity contribution in [3.05, 3.63) is 29.8 Å². The lowest BCUT2D eigenvalue weighted by molar-refractivity contribution is 0.157. The van der Waals surface area contributed by atoms with Crippen LogP contribution in [0, 0.1) is 5.41 Å². The molecule has 0 aliphatic carbocycles. The molecule has 2 aliphatic heterocycles. The largest absolute Gasteiger partial charge is 0.370 e. The third kappa shape index (κ3) is 2.14. The lowest BCUT2D eigenvalue weighted by atomic mass is 9.74. The molecule has 2 fully saturated rings. The van der Waals surface area contributed by atoms with E-state index in [0.717, 1.165) is 0 Å². The van der Waals surface area contributed by atoms with Gasteiger partial charge < -0.3 is 10.2 Å². The first-order chi connectivity index (χ1) is 8.69. The molecule has 1 aromatic carbocycles. The highest BCUT2D eigenvalue weighted by Crippen LogP contribution is 2.39. The Labute approximate surface area is 110 Å². The van der Waals surface area contributed by atoms with Gasteiger partial charge in [-0.15, -0.1) is 0 Å². The number of nitrogens with zero attached hydrogens (tertiary/aromatic N) is 1. The van der Waals surface area contributed by atoms with Crippen LogP contribution in [0.5, 0.6) is 0 Å². The quantitative estimate of drug-likeness (QED) is 0.860. The van der Waals surface area contributed by atoms with Crippen molar-refractivity contribution in [3.63, 3.8) is 0 Å². The predicted molar refractivity (Wildman–Crippen MR) is 77.3 cm³/mol. The lowest BCUT2D eigenvalue weighted by Gasteiger charge is -2.53. The molecule has 0 amide bonds. The van der Waals surface area contributed by atoms with Gasteiger partial charge in [-0.1, -0.05) is 26.0 Å². The van der Waals surface area contributed by atoms with Gasteiger partial charge in [0.05, 0.1) is 0 Å². The Hall–Kier alpha value is -1.02. The maximum absolute atomic E-state index is 3.55. The molecule has 2 nitrogen and oxygen atoms in total. The van der Waals surface area contributed by atoms with E-state index in [0.29, 0.717) is 11.3 Å². The summed E-state index contributed by atoms with van der Waals surface area (Å²) in [5.74, 6) is 0.629. The second-order valence-electron chi connectivity index (χ2n) is 6.38. The molecule has 1 spiro atoms. The van der Waals surface area contributed by atoms with Crippen LogP contribution >= 0.6 is 0 Å². The van der Waals surface area contributed by atoms with Crippen molar-refractivity contribution < 1.29 is 0 Å². The molecule has 1 aromatic rings. The summed E-state index contributed by atoms with van der Waals surface area (Å²) < 4.78 is 0. The van der Waals surface area contributed by atoms with Crippen LogP contribution in [0.1, 0.15) is 38.2 Å². The molecule has 0 bridgehead atoms. The van der Waals surface area contributed by atoms with Crippen LogP contribution < -0.4 is 10.2 Å². The van der Waals surface area contributed by atoms with Crippen LogP contribution in [0.15, 0.2) is 24.3 Å². The molecule has 2 heterocycles. The highest BCUT2D eigenvalue weighted by Gasteiger charge is 2.43. The second kappa shape index (κ2) is 4.58. The maximum atomic E-state index is 3.55. The summed E-state index contributed by atoms with van der Waals surface area (Å²) in [6.07, 6.45) is 2.75. The smallest absolute Gasteiger partial charge is 0.0366 e. The van der Waals surface area contributed by atoms with Gasteiger partial charge in [0, 0.05) is 30.7 Å². The summed E-state index contributed by atoms with van der Waals surface area (Å²) >= 11 is 0. The van der Waals surface area contributed by atoms with E-state index in [4.69, 9.17) is 0 Å². The maximum Gasteiger partial charge on any atom is 0.0366 e. The molecule has 0 radical (unpaired) electrons. The van der Waals surface area contributed by atoms with Crippen molar-refractivity contribution in [2.45, 2.75) is 32.6 Å². The summed E-state index contributed by atoms with van der Waals surface area (Å²) in [4.78, 5) is 2.52. The Balaban J connectivity index is 1.64. The normalized spacial score (nSPS) is 22.3. The molecule has 1 N–H and O–H groups in total. The van der Waals surface area contributed by atoms with Gasteiger partial charge in [-0.3, -0.25) is 0 Å². The minimum atomic E-state index is 0.578. The monoisotopic (exact) mass is 244 g/mol. The van der Waals surface area contributed by atoms with Gasteiger partial charge in [0.1, 0.15) is 0 Å². The molecular formula is C16H24N2. The van der Waals surface area contributed by atoms with E-state index in [1.54, 1.807) is 0 Å². The summed E-state index contributed by atoms with van der Waals surface area (Å²) in [6, 6.07) is 9.14. The van der Waals surface area contributed by atoms with Gasteiger partial charge in [-0.05, 0) is 43.0 Å². The molecule has 0 aromatic heterocycles. The zero-order valence-electron chi connectivity index (χ0n) is 11.6. The molecule has 0 atom stereocenters. The molecule has 3 rings (SSSR count). The number of piperidine rings is 1. The third-order valence-corrected chi connectivity index (χ3v) is 4.54. The first kappa shape index (κ1) is 12.0. The lowest BCUT2D eigenvalue weighted by Crippen LogP contribution is -2.62. The van der Waals surface area contributed by atoms with Gasteiger partial charge in [-0.2, -0.15) is 0 Å². The molecule has 2 aliphatic rings. The predicted octanol–water partition coefficient (Wildman–Crippen LogP) is 3.00. The molecule has 0 saturated carbocycles. The van der Waals surface area contributed by atoms with Crippen molar-refractivity contribution in [1.29, 1.82) is 0 Å². The highest BCUT2D eigenvalue weighted by atomic mass is 15.2. The van der Waals surface area contributed by atoms with Crippen LogP contribution in [-0.2, 0) is 0 Å². The molecule has 2 saturated heterocycles. The van der Waals surface area contributed by atoms with Crippen molar-refractivity contribution in [3.8, 4) is 0 Å². The first-order valence-corrected chi connectivity index (χ1v) is 7.24. The fourth-order valence-corrected chi connectivity index (χ4v) is 3.32. The summed E-state index contributed by atoms with van der Waals surface area (Å²) in [6.45, 7) is 9.41. The number of hydrogen-bond donors (Lipinski definition) is 1. The van der Waals surface area contributed by atoms with Gasteiger partial charge >= 0.3 is 0 Å². The van der Waals surface area contributed by atoms with E-state index in [2.05, 4.69) is 48.3 Å². The number of benzene rings is 1. The van der Waals surface area contributed by atoms with Crippen molar-refractivity contribution in [2.75, 3.05) is 31.1 Å². The average molecular weight is 244 g/mol. The SMILES string of the molecule is CC(C)c1ccc(N2CC3(CCCNC3)C2)cc1. The number of rotatable bonds is 2. The second-order valence-corrected chi connectivity index (χ2v) is 6.38. The standard InChI is InChI=1S/C16H24N2/c1-13(2)14-4-6-15(7-5-14)18-11-16(12-18)8-3-9-17-10-16/h4-7,13,17H,3,8-12H2,1-2H3. The third-order valence-electron chi connectivity index (χ3n) is 4.54. The Bertz CT molecular complexity index is 394. The number of anilines is 1. The Kier molecular flexibility index (Phi) is 3.06. The Morgan fingerprint density at radius 3 is 2.44 bits per heavy atom. The molecule has 0 unspecified atom stereocenters. The zero-order valence-corrected chi connectivity index (χ0v) is 11.6. The fraction of sp³-hybridized carbons (Fsp3) is 0.625. The van der Waals surface area contributed by atoms with Crippen LogP contribution in [0.4, 0.5) is 5.69 Å². The Morgan fingerprint density at radius 1 is 1.17 bits per heavy atom. The summed E-state index contributed by atoms with van der Waals surface area (Å²) in [7, 11) is 0. The van der Waals surface area contributed by atoms with E-state index >= 15 is 0 Å². The minimum absolute atomic E-state index is 0.578. The van der Waals surface area contributed by atoms with Gasteiger partial charge in [-0.25, -0.2) is 0 Å².